The summed E-state index contributed by atoms with van der Waals surface area (Å²) in [6.45, 7) is 10.1. The molecule has 0 amide bonds. The summed E-state index contributed by atoms with van der Waals surface area (Å²) < 4.78 is 22.2. The van der Waals surface area contributed by atoms with Crippen molar-refractivity contribution in [2.75, 3.05) is 26.0 Å². The second-order valence-corrected chi connectivity index (χ2v) is 6.37. The van der Waals surface area contributed by atoms with Crippen molar-refractivity contribution in [3.8, 4) is 0 Å². The van der Waals surface area contributed by atoms with E-state index in [1.54, 1.807) is 13.8 Å². The third kappa shape index (κ3) is 8.25. The van der Waals surface area contributed by atoms with Gasteiger partial charge in [0, 0.05) is 0 Å². The Balaban J connectivity index is 3.90. The van der Waals surface area contributed by atoms with E-state index in [1.807, 2.05) is 20.8 Å². The van der Waals surface area contributed by atoms with Crippen LogP contribution in [0.25, 0.3) is 0 Å². The Morgan fingerprint density at radius 2 is 1.56 bits per heavy atom. The molecule has 6 heteroatoms. The van der Waals surface area contributed by atoms with Gasteiger partial charge in [-0.15, -0.1) is 0 Å². The van der Waals surface area contributed by atoms with Crippen molar-refractivity contribution in [2.24, 2.45) is 0 Å². The molecule has 0 atom stereocenters. The molecule has 0 saturated heterocycles. The zero-order valence-corrected chi connectivity index (χ0v) is 11.7. The summed E-state index contributed by atoms with van der Waals surface area (Å²) in [5, 5.41) is 0. The highest BCUT2D eigenvalue weighted by Crippen LogP contribution is 2.47. The van der Waals surface area contributed by atoms with E-state index in [0.717, 1.165) is 0 Å². The van der Waals surface area contributed by atoms with Crippen molar-refractivity contribution in [3.05, 3.63) is 0 Å². The summed E-state index contributed by atoms with van der Waals surface area (Å²) in [4.78, 5) is 10.0. The Morgan fingerprint density at radius 3 is 1.94 bits per heavy atom. The van der Waals surface area contributed by atoms with Gasteiger partial charge in [-0.3, -0.25) is 4.57 Å². The average Bonchev–Trinajstić information content (AvgIpc) is 2.12. The van der Waals surface area contributed by atoms with Crippen molar-refractivity contribution in [3.63, 3.8) is 0 Å². The summed E-state index contributed by atoms with van der Waals surface area (Å²) in [7, 11) is -3.01. The first kappa shape index (κ1) is 16.1. The summed E-state index contributed by atoms with van der Waals surface area (Å²) in [5.41, 5.74) is -0.374. The van der Waals surface area contributed by atoms with E-state index in [0.29, 0.717) is 13.2 Å². The topological polar surface area (TPSA) is 54.0 Å². The van der Waals surface area contributed by atoms with Crippen molar-refractivity contribution in [2.45, 2.75) is 40.2 Å². The van der Waals surface area contributed by atoms with Crippen molar-refractivity contribution in [1.29, 1.82) is 0 Å². The van der Waals surface area contributed by atoms with Crippen LogP contribution >= 0.6 is 7.60 Å². The van der Waals surface area contributed by atoms with E-state index in [9.17, 15) is 4.57 Å². The molecule has 98 valence electrons. The van der Waals surface area contributed by atoms with Crippen LogP contribution in [-0.2, 0) is 23.4 Å². The summed E-state index contributed by atoms with van der Waals surface area (Å²) in [6.07, 6.45) is 0.199. The van der Waals surface area contributed by atoms with Crippen LogP contribution in [0.4, 0.5) is 0 Å². The van der Waals surface area contributed by atoms with Crippen LogP contribution in [0.1, 0.15) is 34.6 Å². The van der Waals surface area contributed by atoms with Crippen molar-refractivity contribution >= 4 is 7.60 Å². The molecule has 0 radical (unpaired) electrons. The van der Waals surface area contributed by atoms with Crippen LogP contribution in [0.5, 0.6) is 0 Å². The molecule has 5 nitrogen and oxygen atoms in total. The summed E-state index contributed by atoms with van der Waals surface area (Å²) in [6, 6.07) is 0. The maximum atomic E-state index is 12.0. The summed E-state index contributed by atoms with van der Waals surface area (Å²) >= 11 is 0. The molecule has 0 bridgehead atoms. The van der Waals surface area contributed by atoms with Gasteiger partial charge in [-0.25, -0.2) is 9.78 Å². The van der Waals surface area contributed by atoms with Gasteiger partial charge in [0.15, 0.2) is 0 Å². The second-order valence-electron chi connectivity index (χ2n) is 4.19. The van der Waals surface area contributed by atoms with Crippen LogP contribution in [-0.4, -0.2) is 31.6 Å². The standard InChI is InChI=1S/C10H23O5P/c1-6-13-16(11,14-7-2)9-8-12-15-10(3,4)5/h6-9H2,1-5H3. The SMILES string of the molecule is CCOP(=O)(CCOOC(C)(C)C)OCC. The number of hydrogen-bond acceptors (Lipinski definition) is 5. The maximum Gasteiger partial charge on any atom is 0.333 e. The van der Waals surface area contributed by atoms with Crippen LogP contribution in [0.3, 0.4) is 0 Å². The van der Waals surface area contributed by atoms with Gasteiger partial charge in [-0.05, 0) is 34.6 Å². The highest BCUT2D eigenvalue weighted by Gasteiger charge is 2.23. The Morgan fingerprint density at radius 1 is 1.06 bits per heavy atom. The van der Waals surface area contributed by atoms with Crippen LogP contribution in [0.2, 0.25) is 0 Å². The number of rotatable bonds is 8. The maximum absolute atomic E-state index is 12.0. The molecule has 0 N–H and O–H groups in total. The molecule has 0 fully saturated rings. The van der Waals surface area contributed by atoms with Gasteiger partial charge in [-0.1, -0.05) is 0 Å². The minimum absolute atomic E-state index is 0.189. The molecular weight excluding hydrogens is 231 g/mol. The first-order valence-electron chi connectivity index (χ1n) is 5.51. The highest BCUT2D eigenvalue weighted by atomic mass is 31.2. The zero-order chi connectivity index (χ0) is 12.7. The molecule has 0 aromatic carbocycles. The van der Waals surface area contributed by atoms with Crippen LogP contribution in [0.15, 0.2) is 0 Å². The van der Waals surface area contributed by atoms with Gasteiger partial charge in [0.25, 0.3) is 0 Å². The fourth-order valence-corrected chi connectivity index (χ4v) is 2.34. The zero-order valence-electron chi connectivity index (χ0n) is 10.8. The predicted molar refractivity (Wildman–Crippen MR) is 62.5 cm³/mol. The first-order chi connectivity index (χ1) is 7.33. The monoisotopic (exact) mass is 254 g/mol. The third-order valence-corrected chi connectivity index (χ3v) is 3.44. The molecule has 0 rings (SSSR count). The highest BCUT2D eigenvalue weighted by molar-refractivity contribution is 7.53. The molecule has 16 heavy (non-hydrogen) atoms. The van der Waals surface area contributed by atoms with E-state index in [4.69, 9.17) is 18.8 Å². The third-order valence-electron chi connectivity index (χ3n) is 1.41. The van der Waals surface area contributed by atoms with Gasteiger partial charge in [0.2, 0.25) is 0 Å². The lowest BCUT2D eigenvalue weighted by molar-refractivity contribution is -0.345. The molecular formula is C10H23O5P. The minimum Gasteiger partial charge on any atom is -0.309 e. The molecule has 0 saturated carbocycles. The smallest absolute Gasteiger partial charge is 0.309 e. The lowest BCUT2D eigenvalue weighted by Gasteiger charge is -2.20. The average molecular weight is 254 g/mol. The minimum atomic E-state index is -3.01. The van der Waals surface area contributed by atoms with E-state index in [2.05, 4.69) is 0 Å². The van der Waals surface area contributed by atoms with Gasteiger partial charge in [0.05, 0.1) is 31.6 Å². The molecule has 0 unspecified atom stereocenters. The predicted octanol–water partition coefficient (Wildman–Crippen LogP) is 3.00. The number of hydrogen-bond donors (Lipinski definition) is 0. The molecule has 0 aliphatic carbocycles. The fourth-order valence-electron chi connectivity index (χ4n) is 0.927. The van der Waals surface area contributed by atoms with E-state index < -0.39 is 7.60 Å². The van der Waals surface area contributed by atoms with E-state index in [1.165, 1.54) is 0 Å². The molecule has 0 aromatic rings. The summed E-state index contributed by atoms with van der Waals surface area (Å²) in [5.74, 6) is 0. The molecule has 0 aliphatic heterocycles. The normalized spacial score (nSPS) is 13.1. The Bertz CT molecular complexity index is 214. The molecule has 0 heterocycles. The largest absolute Gasteiger partial charge is 0.333 e. The van der Waals surface area contributed by atoms with Gasteiger partial charge in [-0.2, -0.15) is 0 Å². The Labute approximate surface area is 97.9 Å². The Hall–Kier alpha value is 0.0700. The molecule has 0 spiro atoms. The fraction of sp³-hybridized carbons (Fsp3) is 1.00. The van der Waals surface area contributed by atoms with Gasteiger partial charge < -0.3 is 9.05 Å². The van der Waals surface area contributed by atoms with Crippen LogP contribution < -0.4 is 0 Å². The molecule has 0 aromatic heterocycles. The quantitative estimate of drug-likeness (QED) is 0.288. The van der Waals surface area contributed by atoms with Crippen molar-refractivity contribution < 1.29 is 23.4 Å². The van der Waals surface area contributed by atoms with Crippen LogP contribution in [0, 0.1) is 0 Å². The van der Waals surface area contributed by atoms with E-state index >= 15 is 0 Å². The lowest BCUT2D eigenvalue weighted by Crippen LogP contribution is -2.20. The van der Waals surface area contributed by atoms with Gasteiger partial charge >= 0.3 is 7.60 Å². The van der Waals surface area contributed by atoms with E-state index in [-0.39, 0.29) is 18.4 Å². The second kappa shape index (κ2) is 7.41. The van der Waals surface area contributed by atoms with Crippen molar-refractivity contribution in [1.82, 2.24) is 0 Å². The van der Waals surface area contributed by atoms with Gasteiger partial charge in [0.1, 0.15) is 0 Å². The Kier molecular flexibility index (Phi) is 7.44. The first-order valence-corrected chi connectivity index (χ1v) is 7.24. The molecule has 0 aliphatic rings. The lowest BCUT2D eigenvalue weighted by atomic mass is 10.2.